The summed E-state index contributed by atoms with van der Waals surface area (Å²) < 4.78 is 1.76. The van der Waals surface area contributed by atoms with E-state index in [9.17, 15) is 9.59 Å². The zero-order valence-corrected chi connectivity index (χ0v) is 14.3. The summed E-state index contributed by atoms with van der Waals surface area (Å²) in [5.41, 5.74) is 0.765. The van der Waals surface area contributed by atoms with Crippen molar-refractivity contribution < 1.29 is 9.59 Å². The molecule has 1 spiro atoms. The molecule has 1 aromatic heterocycles. The maximum atomic E-state index is 13.2. The molecule has 130 valence electrons. The highest BCUT2D eigenvalue weighted by Crippen LogP contribution is 2.38. The topological polar surface area (TPSA) is 71.3 Å². The van der Waals surface area contributed by atoms with E-state index in [-0.39, 0.29) is 11.8 Å². The smallest absolute Gasteiger partial charge is 0.254 e. The molecule has 2 aliphatic rings. The van der Waals surface area contributed by atoms with Gasteiger partial charge in [-0.25, -0.2) is 0 Å². The fraction of sp³-hybridized carbons (Fsp3) is 0.444. The van der Waals surface area contributed by atoms with Gasteiger partial charge in [0.1, 0.15) is 18.2 Å². The Morgan fingerprint density at radius 2 is 1.84 bits per heavy atom. The fourth-order valence-corrected chi connectivity index (χ4v) is 4.12. The number of likely N-dealkylation sites (N-methyl/N-ethyl adjacent to an activating group) is 1. The number of carbonyl (C=O) groups excluding carboxylic acids is 2. The van der Waals surface area contributed by atoms with Crippen molar-refractivity contribution in [3.8, 4) is 5.69 Å². The predicted molar refractivity (Wildman–Crippen MR) is 91.2 cm³/mol. The Kier molecular flexibility index (Phi) is 3.78. The molecule has 2 saturated heterocycles. The van der Waals surface area contributed by atoms with E-state index in [4.69, 9.17) is 0 Å². The van der Waals surface area contributed by atoms with Gasteiger partial charge in [-0.1, -0.05) is 6.07 Å². The van der Waals surface area contributed by atoms with Crippen molar-refractivity contribution >= 4 is 11.8 Å². The highest BCUT2D eigenvalue weighted by molar-refractivity contribution is 6.00. The summed E-state index contributed by atoms with van der Waals surface area (Å²) in [6.07, 6.45) is 6.52. The van der Waals surface area contributed by atoms with Crippen LogP contribution in [0.4, 0.5) is 0 Å². The molecule has 4 rings (SSSR count). The van der Waals surface area contributed by atoms with Gasteiger partial charge in [0.05, 0.1) is 0 Å². The summed E-state index contributed by atoms with van der Waals surface area (Å²) in [4.78, 5) is 29.6. The number of aromatic nitrogens is 3. The van der Waals surface area contributed by atoms with Crippen LogP contribution in [0.15, 0.2) is 36.9 Å². The van der Waals surface area contributed by atoms with Crippen molar-refractivity contribution in [2.24, 2.45) is 0 Å². The van der Waals surface area contributed by atoms with E-state index < -0.39 is 5.54 Å². The molecule has 1 atom stereocenters. The molecule has 2 fully saturated rings. The summed E-state index contributed by atoms with van der Waals surface area (Å²) in [6, 6.07) is 7.38. The van der Waals surface area contributed by atoms with Crippen molar-refractivity contribution in [1.29, 1.82) is 0 Å². The van der Waals surface area contributed by atoms with E-state index in [0.717, 1.165) is 37.9 Å². The number of hydrogen-bond acceptors (Lipinski definition) is 4. The first-order valence-corrected chi connectivity index (χ1v) is 8.64. The molecular formula is C18H21N5O2. The first-order chi connectivity index (χ1) is 12.1. The van der Waals surface area contributed by atoms with Crippen LogP contribution in [0.1, 0.15) is 36.0 Å². The second kappa shape index (κ2) is 5.98. The molecule has 0 bridgehead atoms. The Morgan fingerprint density at radius 3 is 2.60 bits per heavy atom. The van der Waals surface area contributed by atoms with Gasteiger partial charge in [0, 0.05) is 31.4 Å². The molecule has 7 nitrogen and oxygen atoms in total. The van der Waals surface area contributed by atoms with Crippen LogP contribution in [0.25, 0.3) is 5.69 Å². The van der Waals surface area contributed by atoms with Crippen LogP contribution in [0, 0.1) is 0 Å². The third-order valence-electron chi connectivity index (χ3n) is 5.37. The third kappa shape index (κ3) is 2.50. The second-order valence-corrected chi connectivity index (χ2v) is 6.84. The lowest BCUT2D eigenvalue weighted by Gasteiger charge is -2.43. The zero-order chi connectivity index (χ0) is 17.4. The minimum Gasteiger partial charge on any atom is -0.344 e. The lowest BCUT2D eigenvalue weighted by atomic mass is 9.85. The molecule has 2 aliphatic heterocycles. The fourth-order valence-electron chi connectivity index (χ4n) is 4.12. The van der Waals surface area contributed by atoms with Crippen molar-refractivity contribution in [1.82, 2.24) is 24.6 Å². The Hall–Kier alpha value is -2.70. The molecule has 0 saturated carbocycles. The Bertz CT molecular complexity index is 804. The van der Waals surface area contributed by atoms with Gasteiger partial charge < -0.3 is 9.80 Å². The number of nitrogens with zero attached hydrogens (tertiary/aromatic N) is 5. The predicted octanol–water partition coefficient (Wildman–Crippen LogP) is 1.49. The Labute approximate surface area is 146 Å². The number of hydrogen-bond donors (Lipinski definition) is 0. The van der Waals surface area contributed by atoms with Gasteiger partial charge in [0.15, 0.2) is 0 Å². The third-order valence-corrected chi connectivity index (χ3v) is 5.37. The lowest BCUT2D eigenvalue weighted by molar-refractivity contribution is -0.144. The maximum Gasteiger partial charge on any atom is 0.254 e. The molecule has 1 unspecified atom stereocenters. The summed E-state index contributed by atoms with van der Waals surface area (Å²) in [5.74, 6) is 0.00985. The average molecular weight is 339 g/mol. The van der Waals surface area contributed by atoms with Crippen LogP contribution in [-0.4, -0.2) is 62.1 Å². The van der Waals surface area contributed by atoms with E-state index in [0.29, 0.717) is 12.1 Å². The molecule has 0 aliphatic carbocycles. The highest BCUT2D eigenvalue weighted by atomic mass is 16.2. The zero-order valence-electron chi connectivity index (χ0n) is 14.3. The molecule has 3 heterocycles. The monoisotopic (exact) mass is 339 g/mol. The van der Waals surface area contributed by atoms with Crippen molar-refractivity contribution in [3.05, 3.63) is 42.5 Å². The average Bonchev–Trinajstić information content (AvgIpc) is 3.30. The molecule has 7 heteroatoms. The van der Waals surface area contributed by atoms with Gasteiger partial charge >= 0.3 is 0 Å². The molecular weight excluding hydrogens is 318 g/mol. The van der Waals surface area contributed by atoms with Crippen LogP contribution in [0.3, 0.4) is 0 Å². The largest absolute Gasteiger partial charge is 0.344 e. The van der Waals surface area contributed by atoms with Gasteiger partial charge in [-0.2, -0.15) is 0 Å². The maximum absolute atomic E-state index is 13.2. The molecule has 2 aromatic rings. The SMILES string of the molecule is CN1CCCC2(CCCN2C(=O)c2cccc(-n3cnnc3)c2)C1=O. The number of piperidine rings is 1. The van der Waals surface area contributed by atoms with Gasteiger partial charge in [0.2, 0.25) is 5.91 Å². The summed E-state index contributed by atoms with van der Waals surface area (Å²) in [5, 5.41) is 7.61. The van der Waals surface area contributed by atoms with E-state index in [1.165, 1.54) is 0 Å². The van der Waals surface area contributed by atoms with E-state index >= 15 is 0 Å². The van der Waals surface area contributed by atoms with E-state index in [1.807, 2.05) is 25.2 Å². The summed E-state index contributed by atoms with van der Waals surface area (Å²) >= 11 is 0. The number of likely N-dealkylation sites (tertiary alicyclic amines) is 2. The van der Waals surface area contributed by atoms with Crippen LogP contribution in [0.2, 0.25) is 0 Å². The van der Waals surface area contributed by atoms with Crippen LogP contribution < -0.4 is 0 Å². The standard InChI is InChI=1S/C18H21N5O2/c1-21-9-3-7-18(17(21)25)8-4-10-23(18)16(24)14-5-2-6-15(11-14)22-12-19-20-13-22/h2,5-6,11-13H,3-4,7-10H2,1H3. The molecule has 1 aromatic carbocycles. The van der Waals surface area contributed by atoms with Crippen LogP contribution in [0.5, 0.6) is 0 Å². The molecule has 2 amide bonds. The van der Waals surface area contributed by atoms with Crippen LogP contribution in [-0.2, 0) is 4.79 Å². The normalized spacial score (nSPS) is 23.5. The number of amides is 2. The van der Waals surface area contributed by atoms with E-state index in [2.05, 4.69) is 10.2 Å². The molecule has 25 heavy (non-hydrogen) atoms. The van der Waals surface area contributed by atoms with Gasteiger partial charge in [-0.05, 0) is 43.9 Å². The first-order valence-electron chi connectivity index (χ1n) is 8.64. The second-order valence-electron chi connectivity index (χ2n) is 6.84. The minimum absolute atomic E-state index is 0.0731. The van der Waals surface area contributed by atoms with Gasteiger partial charge in [-0.3, -0.25) is 14.2 Å². The minimum atomic E-state index is -0.656. The van der Waals surface area contributed by atoms with Gasteiger partial charge in [-0.15, -0.1) is 10.2 Å². The Morgan fingerprint density at radius 1 is 1.12 bits per heavy atom. The van der Waals surface area contributed by atoms with E-state index in [1.54, 1.807) is 33.1 Å². The quantitative estimate of drug-likeness (QED) is 0.831. The number of rotatable bonds is 2. The van der Waals surface area contributed by atoms with Crippen molar-refractivity contribution in [2.75, 3.05) is 20.1 Å². The first kappa shape index (κ1) is 15.8. The van der Waals surface area contributed by atoms with Crippen molar-refractivity contribution in [3.63, 3.8) is 0 Å². The Balaban J connectivity index is 1.66. The number of benzene rings is 1. The highest BCUT2D eigenvalue weighted by Gasteiger charge is 2.52. The van der Waals surface area contributed by atoms with Crippen LogP contribution >= 0.6 is 0 Å². The lowest BCUT2D eigenvalue weighted by Crippen LogP contribution is -2.60. The summed E-state index contributed by atoms with van der Waals surface area (Å²) in [7, 11) is 1.83. The van der Waals surface area contributed by atoms with Gasteiger partial charge in [0.25, 0.3) is 5.91 Å². The number of carbonyl (C=O) groups is 2. The summed E-state index contributed by atoms with van der Waals surface area (Å²) in [6.45, 7) is 1.40. The molecule has 0 N–H and O–H groups in total. The molecule has 0 radical (unpaired) electrons. The van der Waals surface area contributed by atoms with Crippen molar-refractivity contribution in [2.45, 2.75) is 31.2 Å².